The molecular formula is C24H28N4O. The minimum Gasteiger partial charge on any atom is -0.396 e. The highest BCUT2D eigenvalue weighted by Crippen LogP contribution is 2.28. The number of hydrogen-bond acceptors (Lipinski definition) is 5. The number of aromatic nitrogens is 1. The molecule has 0 aliphatic carbocycles. The van der Waals surface area contributed by atoms with Crippen LogP contribution in [0.4, 0.5) is 17.2 Å². The molecule has 2 aromatic carbocycles. The van der Waals surface area contributed by atoms with E-state index in [1.54, 1.807) is 6.20 Å². The first-order valence-electron chi connectivity index (χ1n) is 9.90. The van der Waals surface area contributed by atoms with Gasteiger partial charge in [0.1, 0.15) is 0 Å². The Hall–Kier alpha value is -3.18. The summed E-state index contributed by atoms with van der Waals surface area (Å²) in [4.78, 5) is 19.5. The van der Waals surface area contributed by atoms with E-state index in [9.17, 15) is 4.79 Å². The van der Waals surface area contributed by atoms with E-state index in [1.807, 2.05) is 60.7 Å². The van der Waals surface area contributed by atoms with Gasteiger partial charge in [-0.25, -0.2) is 4.98 Å². The van der Waals surface area contributed by atoms with Crippen LogP contribution in [0.5, 0.6) is 0 Å². The van der Waals surface area contributed by atoms with Gasteiger partial charge in [0.2, 0.25) is 0 Å². The van der Waals surface area contributed by atoms with Gasteiger partial charge in [0.15, 0.2) is 11.6 Å². The van der Waals surface area contributed by atoms with Crippen LogP contribution in [0.25, 0.3) is 0 Å². The van der Waals surface area contributed by atoms with Crippen LogP contribution in [-0.4, -0.2) is 36.3 Å². The highest BCUT2D eigenvalue weighted by Gasteiger charge is 2.15. The number of nitrogens with one attached hydrogen (secondary N) is 1. The predicted molar refractivity (Wildman–Crippen MR) is 120 cm³/mol. The van der Waals surface area contributed by atoms with Gasteiger partial charge < -0.3 is 16.0 Å². The van der Waals surface area contributed by atoms with Crippen molar-refractivity contribution in [1.29, 1.82) is 0 Å². The summed E-state index contributed by atoms with van der Waals surface area (Å²) >= 11 is 0. The number of anilines is 3. The molecule has 1 heterocycles. The van der Waals surface area contributed by atoms with Crippen molar-refractivity contribution in [3.05, 3.63) is 83.6 Å². The lowest BCUT2D eigenvalue weighted by Crippen LogP contribution is -2.13. The number of pyridine rings is 1. The van der Waals surface area contributed by atoms with Gasteiger partial charge in [0.25, 0.3) is 0 Å². The smallest absolute Gasteiger partial charge is 0.195 e. The zero-order valence-corrected chi connectivity index (χ0v) is 17.1. The van der Waals surface area contributed by atoms with Gasteiger partial charge >= 0.3 is 0 Å². The van der Waals surface area contributed by atoms with E-state index in [0.29, 0.717) is 28.3 Å². The Kier molecular flexibility index (Phi) is 6.98. The summed E-state index contributed by atoms with van der Waals surface area (Å²) in [6.45, 7) is 1.06. The zero-order chi connectivity index (χ0) is 20.6. The third-order valence-electron chi connectivity index (χ3n) is 4.84. The fourth-order valence-corrected chi connectivity index (χ4v) is 3.24. The molecule has 0 spiro atoms. The number of nitrogens with zero attached hydrogens (tertiary/aromatic N) is 2. The summed E-state index contributed by atoms with van der Waals surface area (Å²) in [7, 11) is 4.16. The first-order valence-corrected chi connectivity index (χ1v) is 9.90. The minimum absolute atomic E-state index is 0.0351. The number of benzene rings is 2. The van der Waals surface area contributed by atoms with Gasteiger partial charge in [-0.3, -0.25) is 4.79 Å². The van der Waals surface area contributed by atoms with Crippen LogP contribution in [0.15, 0.2) is 66.9 Å². The average molecular weight is 389 g/mol. The Labute approximate surface area is 172 Å². The number of rotatable bonds is 9. The molecule has 3 aromatic rings. The number of nitrogens with two attached hydrogens (primary N) is 1. The second-order valence-corrected chi connectivity index (χ2v) is 7.36. The normalized spacial score (nSPS) is 10.9. The molecule has 3 rings (SSSR count). The molecule has 0 aliphatic heterocycles. The zero-order valence-electron chi connectivity index (χ0n) is 17.1. The number of aryl methyl sites for hydroxylation is 1. The van der Waals surface area contributed by atoms with Crippen molar-refractivity contribution in [2.24, 2.45) is 0 Å². The van der Waals surface area contributed by atoms with E-state index < -0.39 is 0 Å². The molecule has 0 aliphatic rings. The molecule has 5 heteroatoms. The summed E-state index contributed by atoms with van der Waals surface area (Å²) in [5.41, 5.74) is 10.0. The van der Waals surface area contributed by atoms with Gasteiger partial charge in [-0.15, -0.1) is 0 Å². The number of para-hydroxylation sites is 1. The lowest BCUT2D eigenvalue weighted by atomic mass is 10.0. The van der Waals surface area contributed by atoms with Crippen molar-refractivity contribution < 1.29 is 4.79 Å². The van der Waals surface area contributed by atoms with E-state index in [0.717, 1.165) is 31.4 Å². The summed E-state index contributed by atoms with van der Waals surface area (Å²) < 4.78 is 0. The molecule has 0 saturated carbocycles. The Morgan fingerprint density at radius 2 is 1.72 bits per heavy atom. The largest absolute Gasteiger partial charge is 0.396 e. The molecule has 150 valence electrons. The molecule has 5 nitrogen and oxygen atoms in total. The second kappa shape index (κ2) is 9.85. The number of nitrogen functional groups attached to an aromatic ring is 1. The summed E-state index contributed by atoms with van der Waals surface area (Å²) in [6.07, 6.45) is 4.85. The molecule has 0 radical (unpaired) electrons. The minimum atomic E-state index is -0.0351. The molecule has 0 fully saturated rings. The van der Waals surface area contributed by atoms with Gasteiger partial charge in [0, 0.05) is 17.3 Å². The average Bonchev–Trinajstić information content (AvgIpc) is 2.74. The van der Waals surface area contributed by atoms with Crippen LogP contribution < -0.4 is 11.1 Å². The predicted octanol–water partition coefficient (Wildman–Crippen LogP) is 4.52. The second-order valence-electron chi connectivity index (χ2n) is 7.36. The van der Waals surface area contributed by atoms with Crippen LogP contribution in [0.3, 0.4) is 0 Å². The van der Waals surface area contributed by atoms with Crippen LogP contribution in [0.2, 0.25) is 0 Å². The first-order chi connectivity index (χ1) is 14.1. The number of carbonyl (C=O) groups is 1. The van der Waals surface area contributed by atoms with E-state index in [1.165, 1.54) is 0 Å². The van der Waals surface area contributed by atoms with Crippen molar-refractivity contribution in [1.82, 2.24) is 9.88 Å². The number of carbonyl (C=O) groups excluding carboxylic acids is 1. The van der Waals surface area contributed by atoms with E-state index in [4.69, 9.17) is 5.73 Å². The SMILES string of the molecule is CN(C)CCCCc1ccnc(Nc2ccccc2C(=O)c2ccccc2)c1N. The lowest BCUT2D eigenvalue weighted by molar-refractivity contribution is 0.103. The number of unbranched alkanes of at least 4 members (excludes halogenated alkanes) is 1. The van der Waals surface area contributed by atoms with E-state index in [-0.39, 0.29) is 5.78 Å². The fraction of sp³-hybridized carbons (Fsp3) is 0.250. The van der Waals surface area contributed by atoms with Gasteiger partial charge in [-0.05, 0) is 63.7 Å². The maximum Gasteiger partial charge on any atom is 0.195 e. The van der Waals surface area contributed by atoms with E-state index in [2.05, 4.69) is 29.3 Å². The van der Waals surface area contributed by atoms with Crippen molar-refractivity contribution in [3.63, 3.8) is 0 Å². The van der Waals surface area contributed by atoms with Crippen molar-refractivity contribution in [2.75, 3.05) is 31.7 Å². The molecule has 0 unspecified atom stereocenters. The van der Waals surface area contributed by atoms with Crippen molar-refractivity contribution in [3.8, 4) is 0 Å². The quantitative estimate of drug-likeness (QED) is 0.416. The monoisotopic (exact) mass is 388 g/mol. The summed E-state index contributed by atoms with van der Waals surface area (Å²) in [5, 5.41) is 3.28. The molecular weight excluding hydrogens is 360 g/mol. The Morgan fingerprint density at radius 3 is 2.48 bits per heavy atom. The fourth-order valence-electron chi connectivity index (χ4n) is 3.24. The van der Waals surface area contributed by atoms with Crippen LogP contribution in [0, 0.1) is 0 Å². The molecule has 1 aromatic heterocycles. The van der Waals surface area contributed by atoms with Crippen LogP contribution >= 0.6 is 0 Å². The Morgan fingerprint density at radius 1 is 1.00 bits per heavy atom. The molecule has 0 bridgehead atoms. The first kappa shape index (κ1) is 20.6. The topological polar surface area (TPSA) is 71.2 Å². The summed E-state index contributed by atoms with van der Waals surface area (Å²) in [5.74, 6) is 0.551. The third kappa shape index (κ3) is 5.42. The Balaban J connectivity index is 1.79. The third-order valence-corrected chi connectivity index (χ3v) is 4.84. The highest BCUT2D eigenvalue weighted by molar-refractivity contribution is 6.12. The molecule has 0 atom stereocenters. The van der Waals surface area contributed by atoms with Gasteiger partial charge in [0.05, 0.1) is 11.4 Å². The molecule has 3 N–H and O–H groups in total. The van der Waals surface area contributed by atoms with Gasteiger partial charge in [-0.1, -0.05) is 42.5 Å². The van der Waals surface area contributed by atoms with Crippen LogP contribution in [0.1, 0.15) is 34.3 Å². The van der Waals surface area contributed by atoms with Crippen LogP contribution in [-0.2, 0) is 6.42 Å². The van der Waals surface area contributed by atoms with Gasteiger partial charge in [-0.2, -0.15) is 0 Å². The Bertz CT molecular complexity index is 954. The highest BCUT2D eigenvalue weighted by atomic mass is 16.1. The molecule has 29 heavy (non-hydrogen) atoms. The maximum absolute atomic E-state index is 12.9. The number of ketones is 1. The maximum atomic E-state index is 12.9. The molecule has 0 saturated heterocycles. The van der Waals surface area contributed by atoms with Crippen molar-refractivity contribution in [2.45, 2.75) is 19.3 Å². The van der Waals surface area contributed by atoms with Crippen molar-refractivity contribution >= 4 is 23.0 Å². The van der Waals surface area contributed by atoms with E-state index >= 15 is 0 Å². The number of hydrogen-bond donors (Lipinski definition) is 2. The summed E-state index contributed by atoms with van der Waals surface area (Å²) in [6, 6.07) is 18.7. The standard InChI is InChI=1S/C24H28N4O/c1-28(2)17-9-8-10-18-15-16-26-24(22(18)25)27-21-14-7-6-13-20(21)23(29)19-11-4-3-5-12-19/h3-7,11-16H,8-10,17,25H2,1-2H3,(H,26,27). The molecule has 0 amide bonds. The lowest BCUT2D eigenvalue weighted by Gasteiger charge is -2.15.